The summed E-state index contributed by atoms with van der Waals surface area (Å²) in [5, 5.41) is 18.9. The van der Waals surface area contributed by atoms with Gasteiger partial charge in [-0.05, 0) is 32.0 Å². The lowest BCUT2D eigenvalue weighted by atomic mass is 10.0. The summed E-state index contributed by atoms with van der Waals surface area (Å²) in [5.74, 6) is -2.03. The molecule has 0 saturated heterocycles. The number of amides is 1. The highest BCUT2D eigenvalue weighted by Gasteiger charge is 2.22. The van der Waals surface area contributed by atoms with Crippen molar-refractivity contribution in [2.45, 2.75) is 19.9 Å². The van der Waals surface area contributed by atoms with Crippen molar-refractivity contribution in [3.8, 4) is 11.3 Å². The van der Waals surface area contributed by atoms with E-state index in [1.807, 2.05) is 0 Å². The lowest BCUT2D eigenvalue weighted by molar-refractivity contribution is -0.141. The molecule has 116 valence electrons. The van der Waals surface area contributed by atoms with E-state index in [0.29, 0.717) is 10.7 Å². The van der Waals surface area contributed by atoms with E-state index in [9.17, 15) is 9.59 Å². The van der Waals surface area contributed by atoms with Gasteiger partial charge in [-0.15, -0.1) is 0 Å². The van der Waals surface area contributed by atoms with Crippen LogP contribution in [0.25, 0.3) is 11.3 Å². The first kappa shape index (κ1) is 16.0. The zero-order valence-corrected chi connectivity index (χ0v) is 12.9. The number of carboxylic acids is 1. The molecular formula is C15H16ClN3O3. The maximum absolute atomic E-state index is 12.1. The number of nitrogens with zero attached hydrogens (tertiary/aromatic N) is 1. The van der Waals surface area contributed by atoms with Gasteiger partial charge in [0.15, 0.2) is 0 Å². The largest absolute Gasteiger partial charge is 0.481 e. The smallest absolute Gasteiger partial charge is 0.308 e. The Bertz CT molecular complexity index is 682. The van der Waals surface area contributed by atoms with Crippen molar-refractivity contribution in [2.75, 3.05) is 0 Å². The summed E-state index contributed by atoms with van der Waals surface area (Å²) >= 11 is 5.83. The molecule has 2 unspecified atom stereocenters. The third-order valence-electron chi connectivity index (χ3n) is 3.46. The molecule has 0 bridgehead atoms. The number of halogens is 1. The second kappa shape index (κ2) is 6.62. The Morgan fingerprint density at radius 2 is 1.91 bits per heavy atom. The fraction of sp³-hybridized carbons (Fsp3) is 0.267. The molecule has 2 atom stereocenters. The number of carbonyl (C=O) groups excluding carboxylic acids is 1. The molecule has 1 aromatic heterocycles. The molecule has 2 aromatic rings. The highest BCUT2D eigenvalue weighted by atomic mass is 35.5. The quantitative estimate of drug-likeness (QED) is 0.788. The van der Waals surface area contributed by atoms with Gasteiger partial charge in [-0.2, -0.15) is 5.10 Å². The van der Waals surface area contributed by atoms with Gasteiger partial charge in [0.2, 0.25) is 0 Å². The molecule has 1 aromatic carbocycles. The van der Waals surface area contributed by atoms with E-state index in [-0.39, 0.29) is 5.69 Å². The molecule has 1 heterocycles. The predicted molar refractivity (Wildman–Crippen MR) is 82.8 cm³/mol. The molecular weight excluding hydrogens is 306 g/mol. The van der Waals surface area contributed by atoms with Gasteiger partial charge in [0.1, 0.15) is 5.69 Å². The van der Waals surface area contributed by atoms with Crippen LogP contribution in [0.5, 0.6) is 0 Å². The topological polar surface area (TPSA) is 95.1 Å². The maximum Gasteiger partial charge on any atom is 0.308 e. The van der Waals surface area contributed by atoms with E-state index in [2.05, 4.69) is 15.5 Å². The number of H-pyrrole nitrogens is 1. The van der Waals surface area contributed by atoms with Crippen LogP contribution < -0.4 is 5.32 Å². The number of hydrogen-bond donors (Lipinski definition) is 3. The molecule has 0 spiro atoms. The van der Waals surface area contributed by atoms with Crippen LogP contribution in [0, 0.1) is 5.92 Å². The molecule has 0 fully saturated rings. The summed E-state index contributed by atoms with van der Waals surface area (Å²) in [6, 6.07) is 8.19. The van der Waals surface area contributed by atoms with Gasteiger partial charge in [0.05, 0.1) is 11.6 Å². The Kier molecular flexibility index (Phi) is 4.82. The molecule has 0 aliphatic rings. The normalized spacial score (nSPS) is 13.4. The minimum atomic E-state index is -0.959. The van der Waals surface area contributed by atoms with Crippen LogP contribution in [0.15, 0.2) is 30.3 Å². The van der Waals surface area contributed by atoms with Crippen LogP contribution in [0.4, 0.5) is 0 Å². The van der Waals surface area contributed by atoms with Crippen LogP contribution in [-0.4, -0.2) is 33.2 Å². The molecule has 6 nitrogen and oxygen atoms in total. The molecule has 0 radical (unpaired) electrons. The summed E-state index contributed by atoms with van der Waals surface area (Å²) < 4.78 is 0. The van der Waals surface area contributed by atoms with Crippen LogP contribution >= 0.6 is 11.6 Å². The van der Waals surface area contributed by atoms with Crippen LogP contribution in [0.2, 0.25) is 5.02 Å². The van der Waals surface area contributed by atoms with Gasteiger partial charge in [-0.1, -0.05) is 23.7 Å². The molecule has 0 aliphatic carbocycles. The highest BCUT2D eigenvalue weighted by Crippen LogP contribution is 2.20. The van der Waals surface area contributed by atoms with Crippen molar-refractivity contribution in [2.24, 2.45) is 5.92 Å². The second-order valence-corrected chi connectivity index (χ2v) is 5.50. The number of carbonyl (C=O) groups is 2. The average Bonchev–Trinajstić information content (AvgIpc) is 2.96. The predicted octanol–water partition coefficient (Wildman–Crippen LogP) is 2.57. The van der Waals surface area contributed by atoms with Crippen molar-refractivity contribution >= 4 is 23.5 Å². The Labute approximate surface area is 132 Å². The Morgan fingerprint density at radius 3 is 2.50 bits per heavy atom. The highest BCUT2D eigenvalue weighted by molar-refractivity contribution is 6.30. The van der Waals surface area contributed by atoms with Gasteiger partial charge in [0.25, 0.3) is 5.91 Å². The van der Waals surface area contributed by atoms with E-state index in [1.165, 1.54) is 0 Å². The SMILES string of the molecule is CC(NC(=O)c1cc(-c2ccc(Cl)cc2)n[nH]1)C(C)C(=O)O. The van der Waals surface area contributed by atoms with Crippen LogP contribution in [0.3, 0.4) is 0 Å². The maximum atomic E-state index is 12.1. The first-order valence-corrected chi connectivity index (χ1v) is 7.11. The lowest BCUT2D eigenvalue weighted by Gasteiger charge is -2.16. The van der Waals surface area contributed by atoms with Crippen LogP contribution in [-0.2, 0) is 4.79 Å². The second-order valence-electron chi connectivity index (χ2n) is 5.06. The summed E-state index contributed by atoms with van der Waals surface area (Å²) in [6.45, 7) is 3.19. The molecule has 0 aliphatic heterocycles. The minimum Gasteiger partial charge on any atom is -0.481 e. The zero-order chi connectivity index (χ0) is 16.3. The number of aliphatic carboxylic acids is 1. The number of aromatic amines is 1. The monoisotopic (exact) mass is 321 g/mol. The van der Waals surface area contributed by atoms with E-state index >= 15 is 0 Å². The van der Waals surface area contributed by atoms with Crippen molar-refractivity contribution in [3.05, 3.63) is 41.0 Å². The van der Waals surface area contributed by atoms with E-state index in [4.69, 9.17) is 16.7 Å². The van der Waals surface area contributed by atoms with Gasteiger partial charge in [-0.3, -0.25) is 14.7 Å². The molecule has 7 heteroatoms. The number of hydrogen-bond acceptors (Lipinski definition) is 3. The van der Waals surface area contributed by atoms with Gasteiger partial charge in [-0.25, -0.2) is 0 Å². The summed E-state index contributed by atoms with van der Waals surface area (Å²) in [6.07, 6.45) is 0. The fourth-order valence-corrected chi connectivity index (χ4v) is 1.96. The van der Waals surface area contributed by atoms with E-state index in [1.54, 1.807) is 44.2 Å². The number of nitrogens with one attached hydrogen (secondary N) is 2. The summed E-state index contributed by atoms with van der Waals surface area (Å²) in [7, 11) is 0. The van der Waals surface area contributed by atoms with Gasteiger partial charge < -0.3 is 10.4 Å². The molecule has 22 heavy (non-hydrogen) atoms. The standard InChI is InChI=1S/C15H16ClN3O3/c1-8(15(21)22)9(2)17-14(20)13-7-12(18-19-13)10-3-5-11(16)6-4-10/h3-9H,1-2H3,(H,17,20)(H,18,19)(H,21,22). The third kappa shape index (κ3) is 3.65. The first-order chi connectivity index (χ1) is 10.4. The van der Waals surface area contributed by atoms with E-state index in [0.717, 1.165) is 5.56 Å². The lowest BCUT2D eigenvalue weighted by Crippen LogP contribution is -2.40. The van der Waals surface area contributed by atoms with Crippen molar-refractivity contribution in [3.63, 3.8) is 0 Å². The van der Waals surface area contributed by atoms with E-state index < -0.39 is 23.8 Å². The molecule has 2 rings (SSSR count). The Balaban J connectivity index is 2.09. The number of rotatable bonds is 5. The van der Waals surface area contributed by atoms with Gasteiger partial charge >= 0.3 is 5.97 Å². The Hall–Kier alpha value is -2.34. The fourth-order valence-electron chi connectivity index (χ4n) is 1.83. The third-order valence-corrected chi connectivity index (χ3v) is 3.71. The number of benzene rings is 1. The Morgan fingerprint density at radius 1 is 1.27 bits per heavy atom. The number of aromatic nitrogens is 2. The van der Waals surface area contributed by atoms with Crippen molar-refractivity contribution in [1.29, 1.82) is 0 Å². The summed E-state index contributed by atoms with van der Waals surface area (Å²) in [4.78, 5) is 23.0. The van der Waals surface area contributed by atoms with Crippen molar-refractivity contribution < 1.29 is 14.7 Å². The minimum absolute atomic E-state index is 0.273. The van der Waals surface area contributed by atoms with Crippen LogP contribution in [0.1, 0.15) is 24.3 Å². The molecule has 0 saturated carbocycles. The van der Waals surface area contributed by atoms with Crippen molar-refractivity contribution in [1.82, 2.24) is 15.5 Å². The summed E-state index contributed by atoms with van der Waals surface area (Å²) in [5.41, 5.74) is 1.71. The molecule has 3 N–H and O–H groups in total. The first-order valence-electron chi connectivity index (χ1n) is 6.73. The molecule has 1 amide bonds. The average molecular weight is 322 g/mol. The zero-order valence-electron chi connectivity index (χ0n) is 12.1. The number of carboxylic acid groups (broad SMARTS) is 1. The van der Waals surface area contributed by atoms with Gasteiger partial charge in [0, 0.05) is 16.6 Å².